The number of nitrogens with two attached hydrogens (primary N) is 1. The third-order valence-electron chi connectivity index (χ3n) is 2.89. The summed E-state index contributed by atoms with van der Waals surface area (Å²) in [4.78, 5) is 39.2. The van der Waals surface area contributed by atoms with E-state index in [0.717, 1.165) is 5.56 Å². The lowest BCUT2D eigenvalue weighted by Gasteiger charge is -2.06. The van der Waals surface area contributed by atoms with Gasteiger partial charge in [-0.15, -0.1) is 0 Å². The number of esters is 1. The number of nitrogens with one attached hydrogen (secondary N) is 3. The molecule has 3 amide bonds. The normalized spacial score (nSPS) is 10.0. The molecule has 1 heterocycles. The van der Waals surface area contributed by atoms with Crippen molar-refractivity contribution < 1.29 is 19.1 Å². The Labute approximate surface area is 147 Å². The van der Waals surface area contributed by atoms with Gasteiger partial charge >= 0.3 is 12.0 Å². The minimum absolute atomic E-state index is 0.0481. The van der Waals surface area contributed by atoms with Gasteiger partial charge in [0.2, 0.25) is 5.91 Å². The predicted molar refractivity (Wildman–Crippen MR) is 92.9 cm³/mol. The number of anilines is 1. The Morgan fingerprint density at radius 2 is 1.96 bits per heavy atom. The second-order valence-corrected chi connectivity index (χ2v) is 5.78. The van der Waals surface area contributed by atoms with E-state index in [1.54, 1.807) is 0 Å². The van der Waals surface area contributed by atoms with Gasteiger partial charge in [-0.3, -0.25) is 10.2 Å². The van der Waals surface area contributed by atoms with E-state index < -0.39 is 12.0 Å². The topological polar surface area (TPSA) is 135 Å². The Bertz CT molecular complexity index is 763. The van der Waals surface area contributed by atoms with Crippen molar-refractivity contribution in [3.05, 3.63) is 36.0 Å². The molecular weight excluding hydrogens is 346 g/mol. The van der Waals surface area contributed by atoms with Crippen molar-refractivity contribution in [3.63, 3.8) is 0 Å². The van der Waals surface area contributed by atoms with Gasteiger partial charge in [0, 0.05) is 6.92 Å². The van der Waals surface area contributed by atoms with Crippen LogP contribution in [0, 0.1) is 0 Å². The maximum atomic E-state index is 12.3. The van der Waals surface area contributed by atoms with Gasteiger partial charge in [-0.2, -0.15) is 0 Å². The van der Waals surface area contributed by atoms with Gasteiger partial charge in [0.25, 0.3) is 0 Å². The summed E-state index contributed by atoms with van der Waals surface area (Å²) < 4.78 is 5.11. The summed E-state index contributed by atoms with van der Waals surface area (Å²) in [6.45, 7) is 1.40. The molecule has 0 spiro atoms. The fourth-order valence-corrected chi connectivity index (χ4v) is 2.88. The summed E-state index contributed by atoms with van der Waals surface area (Å²) in [5.74, 6) is 3.98. The standard InChI is InChI=1S/C15H17N5O4S/c1-9(21)18-15-19-11(12(25-15)10-5-3-2-4-6-10)13(22)24-8-7-17-14(23)20-16/h2-6H,7-8,16H2,1H3,(H2,17,20,23)(H,18,19,21). The zero-order valence-electron chi connectivity index (χ0n) is 13.4. The van der Waals surface area contributed by atoms with E-state index in [0.29, 0.717) is 10.0 Å². The molecule has 9 nitrogen and oxygen atoms in total. The van der Waals surface area contributed by atoms with Crippen molar-refractivity contribution in [2.45, 2.75) is 6.92 Å². The van der Waals surface area contributed by atoms with Crippen LogP contribution in [0.1, 0.15) is 17.4 Å². The van der Waals surface area contributed by atoms with Gasteiger partial charge in [-0.1, -0.05) is 41.7 Å². The number of carbonyl (C=O) groups is 3. The lowest BCUT2D eigenvalue weighted by atomic mass is 10.1. The van der Waals surface area contributed by atoms with Gasteiger partial charge in [0.1, 0.15) is 6.61 Å². The Balaban J connectivity index is 2.14. The highest BCUT2D eigenvalue weighted by Crippen LogP contribution is 2.33. The zero-order valence-corrected chi connectivity index (χ0v) is 14.2. The number of thiazole rings is 1. The lowest BCUT2D eigenvalue weighted by molar-refractivity contribution is -0.114. The summed E-state index contributed by atoms with van der Waals surface area (Å²) >= 11 is 1.18. The van der Waals surface area contributed by atoms with Crippen LogP contribution >= 0.6 is 11.3 Å². The van der Waals surface area contributed by atoms with Gasteiger partial charge in [-0.25, -0.2) is 20.4 Å². The van der Waals surface area contributed by atoms with E-state index in [9.17, 15) is 14.4 Å². The predicted octanol–water partition coefficient (Wildman–Crippen LogP) is 1.10. The van der Waals surface area contributed by atoms with E-state index in [4.69, 9.17) is 10.6 Å². The number of urea groups is 1. The molecule has 25 heavy (non-hydrogen) atoms. The molecule has 0 fully saturated rings. The maximum absolute atomic E-state index is 12.3. The van der Waals surface area contributed by atoms with Crippen molar-refractivity contribution in [2.24, 2.45) is 5.84 Å². The fraction of sp³-hybridized carbons (Fsp3) is 0.200. The summed E-state index contributed by atoms with van der Waals surface area (Å²) in [5.41, 5.74) is 2.78. The SMILES string of the molecule is CC(=O)Nc1nc(C(=O)OCCNC(=O)NN)c(-c2ccccc2)s1. The quantitative estimate of drug-likeness (QED) is 0.199. The van der Waals surface area contributed by atoms with Crippen molar-refractivity contribution in [1.82, 2.24) is 15.7 Å². The largest absolute Gasteiger partial charge is 0.459 e. The molecule has 0 bridgehead atoms. The molecule has 0 radical (unpaired) electrons. The smallest absolute Gasteiger partial charge is 0.358 e. The Hall–Kier alpha value is -2.98. The molecule has 10 heteroatoms. The number of hydrogen-bond acceptors (Lipinski definition) is 7. The second-order valence-electron chi connectivity index (χ2n) is 4.78. The number of nitrogens with zero attached hydrogens (tertiary/aromatic N) is 1. The summed E-state index contributed by atoms with van der Waals surface area (Å²) in [7, 11) is 0. The number of rotatable bonds is 6. The number of aromatic nitrogens is 1. The van der Waals surface area contributed by atoms with Crippen LogP contribution in [-0.2, 0) is 9.53 Å². The molecule has 5 N–H and O–H groups in total. The van der Waals surface area contributed by atoms with Gasteiger partial charge in [0.05, 0.1) is 11.4 Å². The number of carbonyl (C=O) groups excluding carboxylic acids is 3. The van der Waals surface area contributed by atoms with Crippen LogP contribution in [-0.4, -0.2) is 36.0 Å². The maximum Gasteiger partial charge on any atom is 0.358 e. The number of amides is 3. The number of benzene rings is 1. The molecule has 0 aliphatic rings. The average Bonchev–Trinajstić information content (AvgIpc) is 3.02. The minimum atomic E-state index is -0.651. The summed E-state index contributed by atoms with van der Waals surface area (Å²) in [5, 5.41) is 5.26. The first-order valence-corrected chi connectivity index (χ1v) is 8.08. The second kappa shape index (κ2) is 8.76. The van der Waals surface area contributed by atoms with Crippen molar-refractivity contribution >= 4 is 34.4 Å². The third-order valence-corrected chi connectivity index (χ3v) is 3.91. The van der Waals surface area contributed by atoms with Crippen molar-refractivity contribution in [1.29, 1.82) is 0 Å². The molecule has 0 aliphatic carbocycles. The molecule has 1 aromatic carbocycles. The fourth-order valence-electron chi connectivity index (χ4n) is 1.88. The number of ether oxygens (including phenoxy) is 1. The highest BCUT2D eigenvalue weighted by Gasteiger charge is 2.21. The van der Waals surface area contributed by atoms with Crippen LogP contribution in [0.25, 0.3) is 10.4 Å². The first kappa shape index (κ1) is 18.4. The van der Waals surface area contributed by atoms with Crippen molar-refractivity contribution in [3.8, 4) is 10.4 Å². The van der Waals surface area contributed by atoms with E-state index in [1.165, 1.54) is 18.3 Å². The van der Waals surface area contributed by atoms with Crippen LogP contribution in [0.15, 0.2) is 30.3 Å². The minimum Gasteiger partial charge on any atom is -0.459 e. The van der Waals surface area contributed by atoms with Crippen LogP contribution in [0.5, 0.6) is 0 Å². The molecule has 2 aromatic rings. The zero-order chi connectivity index (χ0) is 18.2. The van der Waals surface area contributed by atoms with E-state index in [-0.39, 0.29) is 24.8 Å². The molecular formula is C15H17N5O4S. The Kier molecular flexibility index (Phi) is 6.43. The van der Waals surface area contributed by atoms with Crippen LogP contribution < -0.4 is 21.9 Å². The summed E-state index contributed by atoms with van der Waals surface area (Å²) in [6, 6.07) is 8.59. The lowest BCUT2D eigenvalue weighted by Crippen LogP contribution is -2.41. The van der Waals surface area contributed by atoms with Gasteiger partial charge in [-0.05, 0) is 5.56 Å². The Morgan fingerprint density at radius 3 is 2.60 bits per heavy atom. The summed E-state index contributed by atoms with van der Waals surface area (Å²) in [6.07, 6.45) is 0. The van der Waals surface area contributed by atoms with Crippen molar-refractivity contribution in [2.75, 3.05) is 18.5 Å². The number of hydrazine groups is 1. The molecule has 0 atom stereocenters. The van der Waals surface area contributed by atoms with Gasteiger partial charge < -0.3 is 15.4 Å². The van der Waals surface area contributed by atoms with Crippen LogP contribution in [0.4, 0.5) is 9.93 Å². The molecule has 1 aromatic heterocycles. The van der Waals surface area contributed by atoms with E-state index >= 15 is 0 Å². The number of hydrogen-bond donors (Lipinski definition) is 4. The van der Waals surface area contributed by atoms with Crippen LogP contribution in [0.2, 0.25) is 0 Å². The first-order valence-electron chi connectivity index (χ1n) is 7.26. The van der Waals surface area contributed by atoms with E-state index in [1.807, 2.05) is 35.8 Å². The van der Waals surface area contributed by atoms with Gasteiger partial charge in [0.15, 0.2) is 10.8 Å². The van der Waals surface area contributed by atoms with Crippen LogP contribution in [0.3, 0.4) is 0 Å². The Morgan fingerprint density at radius 1 is 1.24 bits per heavy atom. The molecule has 132 valence electrons. The monoisotopic (exact) mass is 363 g/mol. The molecule has 0 aliphatic heterocycles. The highest BCUT2D eigenvalue weighted by atomic mass is 32.1. The molecule has 2 rings (SSSR count). The average molecular weight is 363 g/mol. The molecule has 0 saturated heterocycles. The molecule has 0 saturated carbocycles. The molecule has 0 unspecified atom stereocenters. The highest BCUT2D eigenvalue weighted by molar-refractivity contribution is 7.19. The third kappa shape index (κ3) is 5.26. The van der Waals surface area contributed by atoms with E-state index in [2.05, 4.69) is 15.6 Å². The first-order chi connectivity index (χ1) is 12.0.